The van der Waals surface area contributed by atoms with Crippen LogP contribution >= 0.6 is 0 Å². The molecular weight excluding hydrogens is 246 g/mol. The fraction of sp³-hybridized carbons (Fsp3) is 0.667. The van der Waals surface area contributed by atoms with Gasteiger partial charge in [0, 0.05) is 13.2 Å². The molecule has 0 fully saturated rings. The van der Waals surface area contributed by atoms with Gasteiger partial charge in [-0.05, 0) is 24.9 Å². The van der Waals surface area contributed by atoms with Gasteiger partial charge in [-0.3, -0.25) is 0 Å². The molecule has 0 aliphatic heterocycles. The molecule has 0 amide bonds. The van der Waals surface area contributed by atoms with Crippen LogP contribution in [0.25, 0.3) is 0 Å². The van der Waals surface area contributed by atoms with E-state index in [1.165, 1.54) is 44.1 Å². The van der Waals surface area contributed by atoms with Crippen LogP contribution < -0.4 is 5.32 Å². The quantitative estimate of drug-likeness (QED) is 0.558. The molecule has 1 aromatic rings. The van der Waals surface area contributed by atoms with Crippen LogP contribution in [0.5, 0.6) is 0 Å². The van der Waals surface area contributed by atoms with Crippen LogP contribution in [-0.4, -0.2) is 19.7 Å². The maximum Gasteiger partial charge on any atom is 0.0949 e. The van der Waals surface area contributed by atoms with Crippen LogP contribution in [0.3, 0.4) is 0 Å². The van der Waals surface area contributed by atoms with Crippen LogP contribution in [0.2, 0.25) is 0 Å². The van der Waals surface area contributed by atoms with Crippen molar-refractivity contribution in [3.8, 4) is 0 Å². The Morgan fingerprint density at radius 1 is 0.950 bits per heavy atom. The van der Waals surface area contributed by atoms with Crippen molar-refractivity contribution in [2.24, 2.45) is 0 Å². The van der Waals surface area contributed by atoms with Gasteiger partial charge in [-0.1, -0.05) is 69.9 Å². The Balaban J connectivity index is 2.31. The Labute approximate surface area is 124 Å². The van der Waals surface area contributed by atoms with Gasteiger partial charge in [0.1, 0.15) is 0 Å². The zero-order valence-electron chi connectivity index (χ0n) is 13.2. The molecule has 2 heteroatoms. The molecular formula is C18H31NO. The first-order chi connectivity index (χ1) is 9.88. The van der Waals surface area contributed by atoms with E-state index in [9.17, 15) is 0 Å². The van der Waals surface area contributed by atoms with Crippen LogP contribution in [0.4, 0.5) is 0 Å². The smallest absolute Gasteiger partial charge is 0.0949 e. The number of benzene rings is 1. The highest BCUT2D eigenvalue weighted by Gasteiger charge is 2.10. The van der Waals surface area contributed by atoms with Crippen molar-refractivity contribution in [2.45, 2.75) is 58.5 Å². The fourth-order valence-electron chi connectivity index (χ4n) is 2.28. The Morgan fingerprint density at radius 2 is 1.70 bits per heavy atom. The molecule has 1 unspecified atom stereocenters. The van der Waals surface area contributed by atoms with E-state index in [-0.39, 0.29) is 6.10 Å². The van der Waals surface area contributed by atoms with Crippen LogP contribution in [0.15, 0.2) is 30.3 Å². The van der Waals surface area contributed by atoms with Crippen LogP contribution in [-0.2, 0) is 4.74 Å². The van der Waals surface area contributed by atoms with Gasteiger partial charge in [0.05, 0.1) is 6.10 Å². The predicted molar refractivity (Wildman–Crippen MR) is 87.1 cm³/mol. The first kappa shape index (κ1) is 17.2. The van der Waals surface area contributed by atoms with E-state index in [1.54, 1.807) is 0 Å². The second-order valence-electron chi connectivity index (χ2n) is 5.39. The third-order valence-corrected chi connectivity index (χ3v) is 3.49. The van der Waals surface area contributed by atoms with Crippen molar-refractivity contribution in [2.75, 3.05) is 19.7 Å². The first-order valence-electron chi connectivity index (χ1n) is 8.25. The van der Waals surface area contributed by atoms with Crippen molar-refractivity contribution in [1.29, 1.82) is 0 Å². The minimum Gasteiger partial charge on any atom is -0.372 e. The Morgan fingerprint density at radius 3 is 2.40 bits per heavy atom. The summed E-state index contributed by atoms with van der Waals surface area (Å²) >= 11 is 0. The number of nitrogens with one attached hydrogen (secondary N) is 1. The largest absolute Gasteiger partial charge is 0.372 e. The summed E-state index contributed by atoms with van der Waals surface area (Å²) in [4.78, 5) is 0. The number of ether oxygens (including phenoxy) is 1. The van der Waals surface area contributed by atoms with E-state index >= 15 is 0 Å². The standard InChI is InChI=1S/C18H31NO/c1-3-5-6-7-11-15-20-18(16-19-14-4-2)17-12-9-8-10-13-17/h8-10,12-13,18-19H,3-7,11,14-16H2,1-2H3. The van der Waals surface area contributed by atoms with E-state index in [0.717, 1.165) is 19.7 Å². The normalized spacial score (nSPS) is 12.5. The van der Waals surface area contributed by atoms with E-state index in [2.05, 4.69) is 49.5 Å². The van der Waals surface area contributed by atoms with E-state index < -0.39 is 0 Å². The lowest BCUT2D eigenvalue weighted by Gasteiger charge is -2.19. The summed E-state index contributed by atoms with van der Waals surface area (Å²) in [5, 5.41) is 3.47. The van der Waals surface area contributed by atoms with Crippen molar-refractivity contribution in [1.82, 2.24) is 5.32 Å². The number of hydrogen-bond acceptors (Lipinski definition) is 2. The molecule has 0 aliphatic rings. The number of rotatable bonds is 12. The van der Waals surface area contributed by atoms with E-state index in [4.69, 9.17) is 4.74 Å². The van der Waals surface area contributed by atoms with Gasteiger partial charge in [-0.25, -0.2) is 0 Å². The van der Waals surface area contributed by atoms with Crippen molar-refractivity contribution >= 4 is 0 Å². The molecule has 0 aromatic heterocycles. The second-order valence-corrected chi connectivity index (χ2v) is 5.39. The zero-order valence-corrected chi connectivity index (χ0v) is 13.2. The lowest BCUT2D eigenvalue weighted by atomic mass is 10.1. The Bertz CT molecular complexity index is 312. The van der Waals surface area contributed by atoms with Gasteiger partial charge in [0.25, 0.3) is 0 Å². The molecule has 1 aromatic carbocycles. The second kappa shape index (κ2) is 11.9. The molecule has 0 aliphatic carbocycles. The van der Waals surface area contributed by atoms with E-state index in [0.29, 0.717) is 0 Å². The third kappa shape index (κ3) is 7.66. The van der Waals surface area contributed by atoms with Gasteiger partial charge in [0.15, 0.2) is 0 Å². The molecule has 0 heterocycles. The van der Waals surface area contributed by atoms with Crippen molar-refractivity contribution < 1.29 is 4.74 Å². The van der Waals surface area contributed by atoms with Crippen LogP contribution in [0.1, 0.15) is 64.0 Å². The maximum absolute atomic E-state index is 6.09. The number of unbranched alkanes of at least 4 members (excludes halogenated alkanes) is 4. The summed E-state index contributed by atoms with van der Waals surface area (Å²) in [6.07, 6.45) is 7.81. The summed E-state index contributed by atoms with van der Waals surface area (Å²) in [5.41, 5.74) is 1.28. The molecule has 0 saturated heterocycles. The zero-order chi connectivity index (χ0) is 14.5. The van der Waals surface area contributed by atoms with Gasteiger partial charge in [-0.2, -0.15) is 0 Å². The highest BCUT2D eigenvalue weighted by Crippen LogP contribution is 2.17. The average Bonchev–Trinajstić information content (AvgIpc) is 2.50. The molecule has 1 rings (SSSR count). The van der Waals surface area contributed by atoms with Gasteiger partial charge in [0.2, 0.25) is 0 Å². The average molecular weight is 277 g/mol. The SMILES string of the molecule is CCCCCCCOC(CNCCC)c1ccccc1. The Kier molecular flexibility index (Phi) is 10.3. The summed E-state index contributed by atoms with van der Waals surface area (Å²) in [7, 11) is 0. The molecule has 0 radical (unpaired) electrons. The van der Waals surface area contributed by atoms with Gasteiger partial charge >= 0.3 is 0 Å². The minimum atomic E-state index is 0.189. The predicted octanol–water partition coefficient (Wildman–Crippen LogP) is 4.71. The lowest BCUT2D eigenvalue weighted by molar-refractivity contribution is 0.0499. The minimum absolute atomic E-state index is 0.189. The molecule has 1 atom stereocenters. The summed E-state index contributed by atoms with van der Waals surface area (Å²) in [6.45, 7) is 7.29. The molecule has 0 bridgehead atoms. The molecule has 0 spiro atoms. The fourth-order valence-corrected chi connectivity index (χ4v) is 2.28. The first-order valence-corrected chi connectivity index (χ1v) is 8.25. The molecule has 1 N–H and O–H groups in total. The lowest BCUT2D eigenvalue weighted by Crippen LogP contribution is -2.24. The maximum atomic E-state index is 6.09. The molecule has 20 heavy (non-hydrogen) atoms. The van der Waals surface area contributed by atoms with Crippen molar-refractivity contribution in [3.05, 3.63) is 35.9 Å². The van der Waals surface area contributed by atoms with Gasteiger partial charge < -0.3 is 10.1 Å². The summed E-state index contributed by atoms with van der Waals surface area (Å²) in [5.74, 6) is 0. The van der Waals surface area contributed by atoms with Gasteiger partial charge in [-0.15, -0.1) is 0 Å². The monoisotopic (exact) mass is 277 g/mol. The highest BCUT2D eigenvalue weighted by atomic mass is 16.5. The summed E-state index contributed by atoms with van der Waals surface area (Å²) < 4.78 is 6.09. The third-order valence-electron chi connectivity index (χ3n) is 3.49. The number of hydrogen-bond donors (Lipinski definition) is 1. The Hall–Kier alpha value is -0.860. The highest BCUT2D eigenvalue weighted by molar-refractivity contribution is 5.17. The topological polar surface area (TPSA) is 21.3 Å². The van der Waals surface area contributed by atoms with E-state index in [1.807, 2.05) is 0 Å². The van der Waals surface area contributed by atoms with Crippen molar-refractivity contribution in [3.63, 3.8) is 0 Å². The molecule has 114 valence electrons. The van der Waals surface area contributed by atoms with Crippen LogP contribution in [0, 0.1) is 0 Å². The molecule has 0 saturated carbocycles. The molecule has 2 nitrogen and oxygen atoms in total. The summed E-state index contributed by atoms with van der Waals surface area (Å²) in [6, 6.07) is 10.6.